The molecule has 4 heteroatoms. The lowest BCUT2D eigenvalue weighted by Gasteiger charge is -2.21. The van der Waals surface area contributed by atoms with Crippen LogP contribution in [0.5, 0.6) is 0 Å². The van der Waals surface area contributed by atoms with E-state index in [1.807, 2.05) is 0 Å². The van der Waals surface area contributed by atoms with Crippen LogP contribution in [0.1, 0.15) is 36.8 Å². The molecule has 0 saturated carbocycles. The molecule has 0 atom stereocenters. The summed E-state index contributed by atoms with van der Waals surface area (Å²) in [6.45, 7) is 5.12. The first-order valence-electron chi connectivity index (χ1n) is 8.18. The highest BCUT2D eigenvalue weighted by molar-refractivity contribution is 5.48. The maximum Gasteiger partial charge on any atom is 0.134 e. The zero-order chi connectivity index (χ0) is 15.2. The maximum atomic E-state index is 4.45. The smallest absolute Gasteiger partial charge is 0.134 e. The highest BCUT2D eigenvalue weighted by Crippen LogP contribution is 2.19. The molecule has 116 valence electrons. The van der Waals surface area contributed by atoms with Crippen LogP contribution >= 0.6 is 0 Å². The number of nitrogens with zero attached hydrogens (tertiary/aromatic N) is 3. The second-order valence-electron chi connectivity index (χ2n) is 6.01. The van der Waals surface area contributed by atoms with Crippen LogP contribution in [0.2, 0.25) is 0 Å². The number of aromatic nitrogens is 2. The first kappa shape index (κ1) is 14.8. The zero-order valence-electron chi connectivity index (χ0n) is 13.3. The highest BCUT2D eigenvalue weighted by atomic mass is 15.2. The Bertz CT molecular complexity index is 604. The lowest BCUT2D eigenvalue weighted by atomic mass is 10.1. The van der Waals surface area contributed by atoms with Gasteiger partial charge in [-0.3, -0.25) is 0 Å². The van der Waals surface area contributed by atoms with Crippen LogP contribution in [0.3, 0.4) is 0 Å². The lowest BCUT2D eigenvalue weighted by Crippen LogP contribution is -2.25. The number of hydrogen-bond donors (Lipinski definition) is 1. The molecular formula is C18H24N4. The van der Waals surface area contributed by atoms with E-state index in [-0.39, 0.29) is 0 Å². The molecule has 1 aliphatic heterocycles. The summed E-state index contributed by atoms with van der Waals surface area (Å²) < 4.78 is 0. The second kappa shape index (κ2) is 7.25. The largest absolute Gasteiger partial charge is 0.366 e. The van der Waals surface area contributed by atoms with E-state index >= 15 is 0 Å². The summed E-state index contributed by atoms with van der Waals surface area (Å²) in [6.07, 6.45) is 6.85. The number of benzene rings is 1. The van der Waals surface area contributed by atoms with Crippen molar-refractivity contribution in [1.29, 1.82) is 0 Å². The van der Waals surface area contributed by atoms with E-state index < -0.39 is 0 Å². The van der Waals surface area contributed by atoms with Crippen molar-refractivity contribution in [3.8, 4) is 0 Å². The zero-order valence-corrected chi connectivity index (χ0v) is 13.3. The Morgan fingerprint density at radius 3 is 2.64 bits per heavy atom. The third-order valence-electron chi connectivity index (χ3n) is 4.14. The minimum Gasteiger partial charge on any atom is -0.366 e. The number of anilines is 2. The molecule has 0 bridgehead atoms. The summed E-state index contributed by atoms with van der Waals surface area (Å²) in [5.41, 5.74) is 2.56. The van der Waals surface area contributed by atoms with Crippen molar-refractivity contribution < 1.29 is 0 Å². The molecule has 0 aliphatic carbocycles. The van der Waals surface area contributed by atoms with E-state index in [9.17, 15) is 0 Å². The molecule has 0 spiro atoms. The highest BCUT2D eigenvalue weighted by Gasteiger charge is 2.11. The van der Waals surface area contributed by atoms with E-state index in [0.29, 0.717) is 0 Å². The summed E-state index contributed by atoms with van der Waals surface area (Å²) in [5, 5.41) is 3.41. The van der Waals surface area contributed by atoms with Gasteiger partial charge in [0.25, 0.3) is 0 Å². The summed E-state index contributed by atoms with van der Waals surface area (Å²) in [4.78, 5) is 11.2. The molecule has 1 aliphatic rings. The Morgan fingerprint density at radius 1 is 1.05 bits per heavy atom. The average Bonchev–Trinajstić information content (AvgIpc) is 2.83. The summed E-state index contributed by atoms with van der Waals surface area (Å²) in [5.74, 6) is 1.94. The summed E-state index contributed by atoms with van der Waals surface area (Å²) in [7, 11) is 0. The van der Waals surface area contributed by atoms with E-state index in [2.05, 4.69) is 57.4 Å². The number of rotatable bonds is 4. The van der Waals surface area contributed by atoms with Crippen molar-refractivity contribution in [3.05, 3.63) is 47.8 Å². The van der Waals surface area contributed by atoms with E-state index in [0.717, 1.165) is 31.3 Å². The molecule has 2 heterocycles. The number of aryl methyl sites for hydroxylation is 1. The van der Waals surface area contributed by atoms with Gasteiger partial charge in [0.15, 0.2) is 0 Å². The van der Waals surface area contributed by atoms with Crippen molar-refractivity contribution in [1.82, 2.24) is 9.97 Å². The predicted molar refractivity (Wildman–Crippen MR) is 91.2 cm³/mol. The van der Waals surface area contributed by atoms with E-state index in [1.165, 1.54) is 36.8 Å². The van der Waals surface area contributed by atoms with Crippen molar-refractivity contribution in [3.63, 3.8) is 0 Å². The van der Waals surface area contributed by atoms with Gasteiger partial charge in [-0.05, 0) is 25.3 Å². The third-order valence-corrected chi connectivity index (χ3v) is 4.14. The molecule has 0 unspecified atom stereocenters. The lowest BCUT2D eigenvalue weighted by molar-refractivity contribution is 0.726. The Balaban J connectivity index is 1.65. The van der Waals surface area contributed by atoms with Gasteiger partial charge in [-0.1, -0.05) is 42.7 Å². The maximum absolute atomic E-state index is 4.45. The van der Waals surface area contributed by atoms with Crippen LogP contribution in [-0.2, 0) is 6.54 Å². The Kier molecular flexibility index (Phi) is 4.88. The topological polar surface area (TPSA) is 41.0 Å². The summed E-state index contributed by atoms with van der Waals surface area (Å²) in [6, 6.07) is 10.6. The molecular weight excluding hydrogens is 272 g/mol. The van der Waals surface area contributed by atoms with Gasteiger partial charge in [0.1, 0.15) is 18.0 Å². The van der Waals surface area contributed by atoms with Gasteiger partial charge in [-0.15, -0.1) is 0 Å². The fourth-order valence-corrected chi connectivity index (χ4v) is 2.93. The van der Waals surface area contributed by atoms with Crippen LogP contribution < -0.4 is 10.2 Å². The Labute approximate surface area is 132 Å². The standard InChI is InChI=1S/C18H24N4/c1-15-7-6-8-16(11-15)13-19-17-12-18(21-14-20-17)22-9-4-2-3-5-10-22/h6-8,11-12,14H,2-5,9-10,13H2,1H3,(H,19,20,21). The second-order valence-corrected chi connectivity index (χ2v) is 6.01. The van der Waals surface area contributed by atoms with Gasteiger partial charge >= 0.3 is 0 Å². The van der Waals surface area contributed by atoms with Crippen molar-refractivity contribution in [2.45, 2.75) is 39.2 Å². The van der Waals surface area contributed by atoms with Crippen LogP contribution in [-0.4, -0.2) is 23.1 Å². The van der Waals surface area contributed by atoms with Crippen molar-refractivity contribution in [2.24, 2.45) is 0 Å². The Morgan fingerprint density at radius 2 is 1.86 bits per heavy atom. The van der Waals surface area contributed by atoms with Crippen LogP contribution in [0.15, 0.2) is 36.7 Å². The molecule has 0 amide bonds. The molecule has 1 aromatic carbocycles. The van der Waals surface area contributed by atoms with Crippen LogP contribution in [0, 0.1) is 6.92 Å². The minimum atomic E-state index is 0.790. The fourth-order valence-electron chi connectivity index (χ4n) is 2.93. The predicted octanol–water partition coefficient (Wildman–Crippen LogP) is 3.78. The average molecular weight is 296 g/mol. The third kappa shape index (κ3) is 3.97. The molecule has 1 fully saturated rings. The van der Waals surface area contributed by atoms with Gasteiger partial charge in [-0.25, -0.2) is 9.97 Å². The van der Waals surface area contributed by atoms with E-state index in [4.69, 9.17) is 0 Å². The molecule has 1 N–H and O–H groups in total. The molecule has 22 heavy (non-hydrogen) atoms. The normalized spacial score (nSPS) is 15.4. The van der Waals surface area contributed by atoms with Crippen LogP contribution in [0.4, 0.5) is 11.6 Å². The van der Waals surface area contributed by atoms with Gasteiger partial charge < -0.3 is 10.2 Å². The van der Waals surface area contributed by atoms with Gasteiger partial charge in [-0.2, -0.15) is 0 Å². The summed E-state index contributed by atoms with van der Waals surface area (Å²) >= 11 is 0. The first-order chi connectivity index (χ1) is 10.8. The molecule has 1 aromatic heterocycles. The van der Waals surface area contributed by atoms with Crippen molar-refractivity contribution in [2.75, 3.05) is 23.3 Å². The van der Waals surface area contributed by atoms with Gasteiger partial charge in [0, 0.05) is 25.7 Å². The number of nitrogens with one attached hydrogen (secondary N) is 1. The molecule has 2 aromatic rings. The van der Waals surface area contributed by atoms with Crippen molar-refractivity contribution >= 4 is 11.6 Å². The Hall–Kier alpha value is -2.10. The SMILES string of the molecule is Cc1cccc(CNc2cc(N3CCCCCC3)ncn2)c1. The first-order valence-corrected chi connectivity index (χ1v) is 8.18. The molecule has 1 saturated heterocycles. The molecule has 0 radical (unpaired) electrons. The van der Waals surface area contributed by atoms with Gasteiger partial charge in [0.2, 0.25) is 0 Å². The molecule has 3 rings (SSSR count). The van der Waals surface area contributed by atoms with Crippen LogP contribution in [0.25, 0.3) is 0 Å². The quantitative estimate of drug-likeness (QED) is 0.932. The molecule has 4 nitrogen and oxygen atoms in total. The van der Waals surface area contributed by atoms with Gasteiger partial charge in [0.05, 0.1) is 0 Å². The fraction of sp³-hybridized carbons (Fsp3) is 0.444. The number of hydrogen-bond acceptors (Lipinski definition) is 4. The minimum absolute atomic E-state index is 0.790. The van der Waals surface area contributed by atoms with E-state index in [1.54, 1.807) is 6.33 Å². The monoisotopic (exact) mass is 296 g/mol.